The normalized spacial score (nSPS) is 12.2. The Balaban J connectivity index is 3.65. The molecular formula is C27H50O5. The Hall–Kier alpha value is -1.36. The van der Waals surface area contributed by atoms with Crippen LogP contribution in [0.4, 0.5) is 0 Å². The van der Waals surface area contributed by atoms with E-state index >= 15 is 0 Å². The van der Waals surface area contributed by atoms with Gasteiger partial charge in [0.2, 0.25) is 0 Å². The summed E-state index contributed by atoms with van der Waals surface area (Å²) in [5.74, 6) is -0.612. The Kier molecular flexibility index (Phi) is 23.3. The predicted octanol–water partition coefficient (Wildman–Crippen LogP) is 7.05. The van der Waals surface area contributed by atoms with Gasteiger partial charge >= 0.3 is 11.9 Å². The van der Waals surface area contributed by atoms with E-state index in [4.69, 9.17) is 9.47 Å². The zero-order chi connectivity index (χ0) is 23.7. The van der Waals surface area contributed by atoms with Crippen molar-refractivity contribution in [1.29, 1.82) is 0 Å². The zero-order valence-electron chi connectivity index (χ0n) is 21.0. The maximum atomic E-state index is 12.0. The Morgan fingerprint density at radius 3 is 1.78 bits per heavy atom. The maximum Gasteiger partial charge on any atom is 0.306 e. The molecule has 5 nitrogen and oxygen atoms in total. The zero-order valence-corrected chi connectivity index (χ0v) is 21.0. The van der Waals surface area contributed by atoms with Crippen molar-refractivity contribution in [1.82, 2.24) is 0 Å². The second-order valence-corrected chi connectivity index (χ2v) is 8.77. The first-order valence-electron chi connectivity index (χ1n) is 13.2. The minimum atomic E-state index is -0.764. The number of rotatable bonds is 23. The first-order valence-corrected chi connectivity index (χ1v) is 13.2. The highest BCUT2D eigenvalue weighted by Crippen LogP contribution is 2.11. The van der Waals surface area contributed by atoms with Crippen LogP contribution < -0.4 is 0 Å². The molecular weight excluding hydrogens is 404 g/mol. The molecule has 0 spiro atoms. The van der Waals surface area contributed by atoms with E-state index in [0.717, 1.165) is 44.9 Å². The molecule has 188 valence electrons. The molecule has 0 saturated heterocycles. The lowest BCUT2D eigenvalue weighted by Crippen LogP contribution is -2.28. The fraction of sp³-hybridized carbons (Fsp3) is 0.852. The van der Waals surface area contributed by atoms with Gasteiger partial charge in [-0.15, -0.1) is 0 Å². The number of hydrogen-bond donors (Lipinski definition) is 1. The molecule has 0 amide bonds. The van der Waals surface area contributed by atoms with Crippen molar-refractivity contribution < 1.29 is 24.2 Å². The number of esters is 2. The summed E-state index contributed by atoms with van der Waals surface area (Å²) >= 11 is 0. The van der Waals surface area contributed by atoms with Gasteiger partial charge in [0.15, 0.2) is 6.10 Å². The van der Waals surface area contributed by atoms with Crippen LogP contribution in [-0.2, 0) is 19.1 Å². The van der Waals surface area contributed by atoms with Crippen molar-refractivity contribution >= 4 is 11.9 Å². The van der Waals surface area contributed by atoms with E-state index in [1.165, 1.54) is 57.8 Å². The van der Waals surface area contributed by atoms with E-state index in [9.17, 15) is 14.7 Å². The van der Waals surface area contributed by atoms with E-state index in [2.05, 4.69) is 26.0 Å². The summed E-state index contributed by atoms with van der Waals surface area (Å²) in [4.78, 5) is 23.8. The molecule has 0 heterocycles. The molecule has 1 N–H and O–H groups in total. The molecule has 0 unspecified atom stereocenters. The van der Waals surface area contributed by atoms with Crippen LogP contribution in [0, 0.1) is 0 Å². The van der Waals surface area contributed by atoms with Crippen molar-refractivity contribution in [3.63, 3.8) is 0 Å². The lowest BCUT2D eigenvalue weighted by Gasteiger charge is -2.15. The largest absolute Gasteiger partial charge is 0.462 e. The van der Waals surface area contributed by atoms with Crippen LogP contribution in [0.25, 0.3) is 0 Å². The highest BCUT2D eigenvalue weighted by Gasteiger charge is 2.16. The molecule has 0 aliphatic rings. The van der Waals surface area contributed by atoms with Gasteiger partial charge in [-0.2, -0.15) is 0 Å². The van der Waals surface area contributed by atoms with Gasteiger partial charge in [0, 0.05) is 12.8 Å². The van der Waals surface area contributed by atoms with Gasteiger partial charge in [-0.3, -0.25) is 9.59 Å². The average Bonchev–Trinajstić information content (AvgIpc) is 2.79. The van der Waals surface area contributed by atoms with Crippen LogP contribution in [0.1, 0.15) is 129 Å². The number of unbranched alkanes of at least 4 members (excludes halogenated alkanes) is 13. The van der Waals surface area contributed by atoms with Crippen LogP contribution in [0.3, 0.4) is 0 Å². The molecule has 0 aromatic heterocycles. The van der Waals surface area contributed by atoms with Crippen molar-refractivity contribution in [2.45, 2.75) is 136 Å². The van der Waals surface area contributed by atoms with E-state index in [-0.39, 0.29) is 25.2 Å². The first-order chi connectivity index (χ1) is 15.6. The van der Waals surface area contributed by atoms with E-state index < -0.39 is 6.10 Å². The van der Waals surface area contributed by atoms with Crippen molar-refractivity contribution in [2.75, 3.05) is 13.2 Å². The second kappa shape index (κ2) is 24.3. The molecule has 32 heavy (non-hydrogen) atoms. The Labute approximate surface area is 197 Å². The lowest BCUT2D eigenvalue weighted by atomic mass is 10.1. The Morgan fingerprint density at radius 1 is 0.688 bits per heavy atom. The maximum absolute atomic E-state index is 12.0. The van der Waals surface area contributed by atoms with Gasteiger partial charge in [0.1, 0.15) is 6.61 Å². The van der Waals surface area contributed by atoms with Gasteiger partial charge in [0.25, 0.3) is 0 Å². The van der Waals surface area contributed by atoms with Crippen molar-refractivity contribution in [2.24, 2.45) is 0 Å². The number of hydrogen-bond acceptors (Lipinski definition) is 5. The van der Waals surface area contributed by atoms with Crippen LogP contribution in [0.5, 0.6) is 0 Å². The summed E-state index contributed by atoms with van der Waals surface area (Å²) in [6.45, 7) is 4.01. The monoisotopic (exact) mass is 454 g/mol. The fourth-order valence-corrected chi connectivity index (χ4v) is 3.47. The smallest absolute Gasteiger partial charge is 0.306 e. The van der Waals surface area contributed by atoms with E-state index in [1.807, 2.05) is 0 Å². The average molecular weight is 455 g/mol. The molecule has 0 aliphatic carbocycles. The van der Waals surface area contributed by atoms with Gasteiger partial charge in [-0.05, 0) is 32.1 Å². The summed E-state index contributed by atoms with van der Waals surface area (Å²) in [5.41, 5.74) is 0. The van der Waals surface area contributed by atoms with Crippen LogP contribution in [0.2, 0.25) is 0 Å². The molecule has 1 atom stereocenters. The van der Waals surface area contributed by atoms with Gasteiger partial charge < -0.3 is 14.6 Å². The van der Waals surface area contributed by atoms with E-state index in [0.29, 0.717) is 12.8 Å². The summed E-state index contributed by atoms with van der Waals surface area (Å²) in [6, 6.07) is 0. The highest BCUT2D eigenvalue weighted by atomic mass is 16.6. The molecule has 0 aliphatic heterocycles. The summed E-state index contributed by atoms with van der Waals surface area (Å²) in [5, 5.41) is 9.39. The molecule has 5 heteroatoms. The van der Waals surface area contributed by atoms with Crippen LogP contribution in [-0.4, -0.2) is 36.4 Å². The molecule has 0 bridgehead atoms. The minimum Gasteiger partial charge on any atom is -0.462 e. The van der Waals surface area contributed by atoms with Gasteiger partial charge in [-0.25, -0.2) is 0 Å². The SMILES string of the molecule is CCCC/C=C/CCCCCCCC(=O)O[C@@H](CO)COC(=O)CCCCCCCCC. The van der Waals surface area contributed by atoms with Crippen molar-refractivity contribution in [3.8, 4) is 0 Å². The molecule has 0 aromatic carbocycles. The number of ether oxygens (including phenoxy) is 2. The number of carbonyl (C=O) groups excluding carboxylic acids is 2. The predicted molar refractivity (Wildman–Crippen MR) is 132 cm³/mol. The quantitative estimate of drug-likeness (QED) is 0.102. The number of allylic oxidation sites excluding steroid dienone is 2. The second-order valence-electron chi connectivity index (χ2n) is 8.77. The summed E-state index contributed by atoms with van der Waals surface area (Å²) in [6.07, 6.45) is 22.7. The summed E-state index contributed by atoms with van der Waals surface area (Å²) in [7, 11) is 0. The third kappa shape index (κ3) is 21.9. The first kappa shape index (κ1) is 30.6. The fourth-order valence-electron chi connectivity index (χ4n) is 3.47. The summed E-state index contributed by atoms with van der Waals surface area (Å²) < 4.78 is 10.4. The third-order valence-electron chi connectivity index (χ3n) is 5.56. The molecule has 0 aromatic rings. The molecule has 0 saturated carbocycles. The molecule has 0 radical (unpaired) electrons. The lowest BCUT2D eigenvalue weighted by molar-refractivity contribution is -0.161. The van der Waals surface area contributed by atoms with Gasteiger partial charge in [0.05, 0.1) is 6.61 Å². The van der Waals surface area contributed by atoms with Crippen LogP contribution >= 0.6 is 0 Å². The van der Waals surface area contributed by atoms with E-state index in [1.54, 1.807) is 0 Å². The van der Waals surface area contributed by atoms with Crippen LogP contribution in [0.15, 0.2) is 12.2 Å². The Bertz CT molecular complexity index is 461. The highest BCUT2D eigenvalue weighted by molar-refractivity contribution is 5.70. The Morgan fingerprint density at radius 2 is 1.19 bits per heavy atom. The number of carbonyl (C=O) groups is 2. The molecule has 0 rings (SSSR count). The topological polar surface area (TPSA) is 72.8 Å². The number of aliphatic hydroxyl groups is 1. The van der Waals surface area contributed by atoms with Gasteiger partial charge in [-0.1, -0.05) is 96.6 Å². The number of aliphatic hydroxyl groups excluding tert-OH is 1. The minimum absolute atomic E-state index is 0.0661. The third-order valence-corrected chi connectivity index (χ3v) is 5.56. The molecule has 0 fully saturated rings. The standard InChI is InChI=1S/C27H50O5/c1-3-5-7-9-11-12-13-14-16-18-20-22-27(30)32-25(23-28)24-31-26(29)21-19-17-15-10-8-6-4-2/h9,11,25,28H,3-8,10,12-24H2,1-2H3/b11-9+/t25-/m0/s1. The van der Waals surface area contributed by atoms with Crippen molar-refractivity contribution in [3.05, 3.63) is 12.2 Å².